The van der Waals surface area contributed by atoms with Gasteiger partial charge in [-0.05, 0) is 13.0 Å². The molecule has 74 valence electrons. The van der Waals surface area contributed by atoms with Crippen molar-refractivity contribution in [1.29, 1.82) is 0 Å². The lowest BCUT2D eigenvalue weighted by atomic mass is 9.99. The topological polar surface area (TPSA) is 78.3 Å². The summed E-state index contributed by atoms with van der Waals surface area (Å²) in [5.74, 6) is 0.490. The number of fused-ring (bicyclic) bond motifs is 1. The van der Waals surface area contributed by atoms with Crippen LogP contribution in [-0.4, -0.2) is 12.4 Å². The van der Waals surface area contributed by atoms with Gasteiger partial charge in [-0.2, -0.15) is 0 Å². The SMILES string of the molecule is CC(=O)c1cccc2c1OCC2(N)N. The zero-order valence-corrected chi connectivity index (χ0v) is 7.91. The fraction of sp³-hybridized carbons (Fsp3) is 0.300. The number of Topliss-reactive ketones (excluding diaryl/α,β-unsaturated/α-hetero) is 1. The maximum Gasteiger partial charge on any atom is 0.163 e. The molecule has 4 N–H and O–H groups in total. The Morgan fingerprint density at radius 2 is 2.21 bits per heavy atom. The Kier molecular flexibility index (Phi) is 1.83. The predicted molar refractivity (Wildman–Crippen MR) is 52.0 cm³/mol. The Bertz CT molecular complexity index is 399. The highest BCUT2D eigenvalue weighted by Crippen LogP contribution is 2.35. The molecule has 4 heteroatoms. The van der Waals surface area contributed by atoms with Crippen LogP contribution in [0.4, 0.5) is 0 Å². The molecule has 0 radical (unpaired) electrons. The van der Waals surface area contributed by atoms with E-state index in [-0.39, 0.29) is 12.4 Å². The Balaban J connectivity index is 2.61. The number of benzene rings is 1. The molecule has 0 unspecified atom stereocenters. The second kappa shape index (κ2) is 2.80. The van der Waals surface area contributed by atoms with E-state index in [1.54, 1.807) is 18.2 Å². The van der Waals surface area contributed by atoms with Crippen LogP contribution in [0.15, 0.2) is 18.2 Å². The summed E-state index contributed by atoms with van der Waals surface area (Å²) < 4.78 is 5.34. The molecule has 1 aromatic rings. The van der Waals surface area contributed by atoms with E-state index < -0.39 is 5.66 Å². The quantitative estimate of drug-likeness (QED) is 0.497. The zero-order chi connectivity index (χ0) is 10.3. The van der Waals surface area contributed by atoms with E-state index in [4.69, 9.17) is 16.2 Å². The fourth-order valence-electron chi connectivity index (χ4n) is 1.61. The highest BCUT2D eigenvalue weighted by atomic mass is 16.5. The molecule has 14 heavy (non-hydrogen) atoms. The van der Waals surface area contributed by atoms with E-state index in [1.807, 2.05) is 0 Å². The standard InChI is InChI=1S/C10H12N2O2/c1-6(13)7-3-2-4-8-9(7)14-5-10(8,11)12/h2-4H,5,11-12H2,1H3. The van der Waals surface area contributed by atoms with Crippen molar-refractivity contribution in [3.63, 3.8) is 0 Å². The number of nitrogens with two attached hydrogens (primary N) is 2. The van der Waals surface area contributed by atoms with Gasteiger partial charge in [0.2, 0.25) is 0 Å². The first-order chi connectivity index (χ1) is 6.52. The normalized spacial score (nSPS) is 17.4. The third kappa shape index (κ3) is 1.20. The minimum atomic E-state index is -0.971. The van der Waals surface area contributed by atoms with Gasteiger partial charge in [-0.15, -0.1) is 0 Å². The molecule has 0 saturated carbocycles. The van der Waals surface area contributed by atoms with Crippen LogP contribution >= 0.6 is 0 Å². The van der Waals surface area contributed by atoms with Crippen LogP contribution < -0.4 is 16.2 Å². The molecule has 0 fully saturated rings. The average molecular weight is 192 g/mol. The Morgan fingerprint density at radius 1 is 1.50 bits per heavy atom. The number of carbonyl (C=O) groups excluding carboxylic acids is 1. The second-order valence-electron chi connectivity index (χ2n) is 3.57. The van der Waals surface area contributed by atoms with Gasteiger partial charge in [-0.3, -0.25) is 4.79 Å². The zero-order valence-electron chi connectivity index (χ0n) is 7.91. The van der Waals surface area contributed by atoms with Crippen molar-refractivity contribution in [3.05, 3.63) is 29.3 Å². The highest BCUT2D eigenvalue weighted by Gasteiger charge is 2.35. The molecule has 0 aliphatic carbocycles. The van der Waals surface area contributed by atoms with E-state index in [0.29, 0.717) is 16.9 Å². The molecular weight excluding hydrogens is 180 g/mol. The Morgan fingerprint density at radius 3 is 2.86 bits per heavy atom. The third-order valence-corrected chi connectivity index (χ3v) is 2.35. The lowest BCUT2D eigenvalue weighted by Crippen LogP contribution is -2.47. The summed E-state index contributed by atoms with van der Waals surface area (Å²) in [6.07, 6.45) is 0. The number of ether oxygens (including phenoxy) is 1. The van der Waals surface area contributed by atoms with Crippen LogP contribution in [0.2, 0.25) is 0 Å². The molecule has 1 aromatic carbocycles. The molecule has 0 aromatic heterocycles. The van der Waals surface area contributed by atoms with E-state index >= 15 is 0 Å². The minimum Gasteiger partial charge on any atom is -0.489 e. The van der Waals surface area contributed by atoms with Crippen molar-refractivity contribution in [1.82, 2.24) is 0 Å². The summed E-state index contributed by atoms with van der Waals surface area (Å²) in [5, 5.41) is 0. The van der Waals surface area contributed by atoms with Crippen molar-refractivity contribution in [3.8, 4) is 5.75 Å². The summed E-state index contributed by atoms with van der Waals surface area (Å²) in [6.45, 7) is 1.71. The van der Waals surface area contributed by atoms with Gasteiger partial charge in [0.15, 0.2) is 5.78 Å². The fourth-order valence-corrected chi connectivity index (χ4v) is 1.61. The van der Waals surface area contributed by atoms with Crippen molar-refractivity contribution in [2.75, 3.05) is 6.61 Å². The molecule has 0 amide bonds. The summed E-state index contributed by atoms with van der Waals surface area (Å²) in [7, 11) is 0. The molecule has 0 saturated heterocycles. The first kappa shape index (κ1) is 9.18. The monoisotopic (exact) mass is 192 g/mol. The number of hydrogen-bond acceptors (Lipinski definition) is 4. The number of carbonyl (C=O) groups is 1. The van der Waals surface area contributed by atoms with E-state index in [2.05, 4.69) is 0 Å². The Labute approximate surface area is 81.8 Å². The number of rotatable bonds is 1. The van der Waals surface area contributed by atoms with E-state index in [0.717, 1.165) is 0 Å². The van der Waals surface area contributed by atoms with Gasteiger partial charge in [0, 0.05) is 5.56 Å². The first-order valence-corrected chi connectivity index (χ1v) is 4.37. The van der Waals surface area contributed by atoms with Gasteiger partial charge in [0.05, 0.1) is 5.56 Å². The second-order valence-corrected chi connectivity index (χ2v) is 3.57. The molecule has 0 bridgehead atoms. The average Bonchev–Trinajstić information content (AvgIpc) is 2.42. The van der Waals surface area contributed by atoms with Crippen LogP contribution in [0.5, 0.6) is 5.75 Å². The van der Waals surface area contributed by atoms with Gasteiger partial charge in [-0.25, -0.2) is 0 Å². The molecule has 1 aliphatic rings. The molecule has 0 atom stereocenters. The third-order valence-electron chi connectivity index (χ3n) is 2.35. The van der Waals surface area contributed by atoms with Gasteiger partial charge in [-0.1, -0.05) is 12.1 Å². The van der Waals surface area contributed by atoms with Crippen LogP contribution in [0.25, 0.3) is 0 Å². The van der Waals surface area contributed by atoms with Crippen molar-refractivity contribution in [2.24, 2.45) is 11.5 Å². The maximum absolute atomic E-state index is 11.3. The van der Waals surface area contributed by atoms with Crippen molar-refractivity contribution in [2.45, 2.75) is 12.6 Å². The molecule has 1 heterocycles. The summed E-state index contributed by atoms with van der Waals surface area (Å²) in [4.78, 5) is 11.3. The van der Waals surface area contributed by atoms with Gasteiger partial charge < -0.3 is 16.2 Å². The largest absolute Gasteiger partial charge is 0.489 e. The van der Waals surface area contributed by atoms with Crippen LogP contribution in [0, 0.1) is 0 Å². The van der Waals surface area contributed by atoms with Crippen molar-refractivity contribution < 1.29 is 9.53 Å². The molecule has 4 nitrogen and oxygen atoms in total. The molecule has 2 rings (SSSR count). The lowest BCUT2D eigenvalue weighted by molar-refractivity contribution is 0.101. The van der Waals surface area contributed by atoms with Crippen molar-refractivity contribution >= 4 is 5.78 Å². The highest BCUT2D eigenvalue weighted by molar-refractivity contribution is 5.97. The first-order valence-electron chi connectivity index (χ1n) is 4.37. The summed E-state index contributed by atoms with van der Waals surface area (Å²) in [5.41, 5.74) is 11.9. The summed E-state index contributed by atoms with van der Waals surface area (Å²) >= 11 is 0. The number of ketones is 1. The smallest absolute Gasteiger partial charge is 0.163 e. The van der Waals surface area contributed by atoms with Gasteiger partial charge in [0.1, 0.15) is 18.0 Å². The Hall–Kier alpha value is -1.39. The lowest BCUT2D eigenvalue weighted by Gasteiger charge is -2.15. The van der Waals surface area contributed by atoms with Crippen LogP contribution in [-0.2, 0) is 5.66 Å². The molecular formula is C10H12N2O2. The van der Waals surface area contributed by atoms with E-state index in [9.17, 15) is 4.79 Å². The number of para-hydroxylation sites is 1. The molecule has 1 aliphatic heterocycles. The van der Waals surface area contributed by atoms with Gasteiger partial charge in [0.25, 0.3) is 0 Å². The predicted octanol–water partition coefficient (Wildman–Crippen LogP) is 0.352. The summed E-state index contributed by atoms with van der Waals surface area (Å²) in [6, 6.07) is 5.26. The maximum atomic E-state index is 11.3. The van der Waals surface area contributed by atoms with Crippen LogP contribution in [0.1, 0.15) is 22.8 Å². The van der Waals surface area contributed by atoms with Gasteiger partial charge >= 0.3 is 0 Å². The minimum absolute atomic E-state index is 0.0421. The molecule has 0 spiro atoms. The van der Waals surface area contributed by atoms with Crippen LogP contribution in [0.3, 0.4) is 0 Å². The van der Waals surface area contributed by atoms with E-state index in [1.165, 1.54) is 6.92 Å². The number of hydrogen-bond donors (Lipinski definition) is 2.